The van der Waals surface area contributed by atoms with Crippen LogP contribution < -0.4 is 0 Å². The molecule has 1 N–H and O–H groups in total. The molecule has 1 heterocycles. The molecule has 0 amide bonds. The summed E-state index contributed by atoms with van der Waals surface area (Å²) in [4.78, 5) is 3.77. The Kier molecular flexibility index (Phi) is 2.07. The predicted octanol–water partition coefficient (Wildman–Crippen LogP) is 0.903. The lowest BCUT2D eigenvalue weighted by Crippen LogP contribution is -2.22. The molecule has 0 aromatic rings. The lowest BCUT2D eigenvalue weighted by molar-refractivity contribution is 0.115. The Hall–Kier alpha value is -0.100. The van der Waals surface area contributed by atoms with Crippen LogP contribution in [0.2, 0.25) is 0 Å². The van der Waals surface area contributed by atoms with Gasteiger partial charge in [-0.15, -0.1) is 0 Å². The lowest BCUT2D eigenvalue weighted by Gasteiger charge is -2.18. The van der Waals surface area contributed by atoms with Crippen LogP contribution in [0.15, 0.2) is 16.8 Å². The van der Waals surface area contributed by atoms with Crippen LogP contribution in [-0.4, -0.2) is 20.8 Å². The van der Waals surface area contributed by atoms with Crippen LogP contribution in [0.5, 0.6) is 0 Å². The molecule has 0 saturated carbocycles. The minimum Gasteiger partial charge on any atom is -0.354 e. The highest BCUT2D eigenvalue weighted by Crippen LogP contribution is 2.12. The smallest absolute Gasteiger partial charge is 0.233 e. The minimum absolute atomic E-state index is 0.700. The van der Waals surface area contributed by atoms with Gasteiger partial charge in [-0.25, -0.2) is 4.99 Å². The van der Waals surface area contributed by atoms with Gasteiger partial charge < -0.3 is 5.11 Å². The first-order valence-electron chi connectivity index (χ1n) is 2.54. The molecule has 1 aliphatic rings. The number of nitrogens with zero attached hydrogens (tertiary/aromatic N) is 2. The second-order valence-electron chi connectivity index (χ2n) is 1.84. The molecule has 0 aromatic heterocycles. The van der Waals surface area contributed by atoms with Gasteiger partial charge in [0.1, 0.15) is 0 Å². The summed E-state index contributed by atoms with van der Waals surface area (Å²) in [5.41, 5.74) is 1.05. The fourth-order valence-electron chi connectivity index (χ4n) is 0.542. The first-order valence-corrected chi connectivity index (χ1v) is 3.50. The first-order chi connectivity index (χ1) is 4.20. The molecule has 9 heavy (non-hydrogen) atoms. The van der Waals surface area contributed by atoms with Crippen molar-refractivity contribution in [3.8, 4) is 0 Å². The molecule has 3 nitrogen and oxygen atoms in total. The SMILES string of the molecule is CC1=CN(I)C(O)N=C1. The van der Waals surface area contributed by atoms with E-state index < -0.39 is 6.35 Å². The van der Waals surface area contributed by atoms with Gasteiger partial charge in [0.2, 0.25) is 6.35 Å². The molecule has 0 bridgehead atoms. The molecule has 1 rings (SSSR count). The third-order valence-corrected chi connectivity index (χ3v) is 1.74. The Morgan fingerprint density at radius 2 is 2.56 bits per heavy atom. The summed E-state index contributed by atoms with van der Waals surface area (Å²) in [5, 5.41) is 8.97. The van der Waals surface area contributed by atoms with Crippen molar-refractivity contribution < 1.29 is 5.11 Å². The fourth-order valence-corrected chi connectivity index (χ4v) is 1.13. The lowest BCUT2D eigenvalue weighted by atomic mass is 10.3. The van der Waals surface area contributed by atoms with E-state index in [0.29, 0.717) is 0 Å². The van der Waals surface area contributed by atoms with Crippen LogP contribution in [-0.2, 0) is 0 Å². The van der Waals surface area contributed by atoms with Gasteiger partial charge in [0.25, 0.3) is 0 Å². The molecule has 0 aliphatic carbocycles. The summed E-state index contributed by atoms with van der Waals surface area (Å²) in [6.45, 7) is 1.93. The van der Waals surface area contributed by atoms with Crippen molar-refractivity contribution >= 4 is 29.1 Å². The average molecular weight is 238 g/mol. The molecule has 0 fully saturated rings. The third-order valence-electron chi connectivity index (χ3n) is 0.959. The molecule has 0 saturated heterocycles. The van der Waals surface area contributed by atoms with Crippen molar-refractivity contribution in [2.24, 2.45) is 4.99 Å². The first kappa shape index (κ1) is 7.01. The highest BCUT2D eigenvalue weighted by Gasteiger charge is 2.09. The molecule has 0 aromatic carbocycles. The van der Waals surface area contributed by atoms with Crippen molar-refractivity contribution in [3.05, 3.63) is 11.8 Å². The highest BCUT2D eigenvalue weighted by atomic mass is 127. The summed E-state index contributed by atoms with van der Waals surface area (Å²) >= 11 is 1.99. The molecule has 1 aliphatic heterocycles. The Morgan fingerprint density at radius 1 is 1.89 bits per heavy atom. The van der Waals surface area contributed by atoms with E-state index in [9.17, 15) is 0 Å². The third kappa shape index (κ3) is 1.65. The number of aliphatic imine (C=N–C) groups is 1. The summed E-state index contributed by atoms with van der Waals surface area (Å²) < 4.78 is 1.62. The van der Waals surface area contributed by atoms with Crippen molar-refractivity contribution in [2.75, 3.05) is 0 Å². The van der Waals surface area contributed by atoms with Crippen molar-refractivity contribution in [3.63, 3.8) is 0 Å². The Bertz CT molecular complexity index is 166. The van der Waals surface area contributed by atoms with Gasteiger partial charge in [-0.3, -0.25) is 3.11 Å². The van der Waals surface area contributed by atoms with Gasteiger partial charge in [-0.05, 0) is 12.5 Å². The largest absolute Gasteiger partial charge is 0.354 e. The summed E-state index contributed by atoms with van der Waals surface area (Å²) in [6, 6.07) is 0. The molecule has 0 spiro atoms. The van der Waals surface area contributed by atoms with Crippen molar-refractivity contribution in [1.82, 2.24) is 3.11 Å². The molecule has 0 radical (unpaired) electrons. The van der Waals surface area contributed by atoms with Crippen molar-refractivity contribution in [1.29, 1.82) is 0 Å². The van der Waals surface area contributed by atoms with E-state index in [4.69, 9.17) is 5.11 Å². The summed E-state index contributed by atoms with van der Waals surface area (Å²) in [6.07, 6.45) is 2.78. The van der Waals surface area contributed by atoms with Gasteiger partial charge in [0.05, 0.1) is 22.9 Å². The number of aliphatic hydroxyl groups excluding tert-OH is 1. The van der Waals surface area contributed by atoms with E-state index in [2.05, 4.69) is 4.99 Å². The van der Waals surface area contributed by atoms with E-state index in [0.717, 1.165) is 5.57 Å². The molecular formula is C5H7IN2O. The van der Waals surface area contributed by atoms with E-state index >= 15 is 0 Å². The molecular weight excluding hydrogens is 231 g/mol. The fraction of sp³-hybridized carbons (Fsp3) is 0.400. The van der Waals surface area contributed by atoms with Crippen LogP contribution in [0.25, 0.3) is 0 Å². The number of hydrogen-bond donors (Lipinski definition) is 1. The highest BCUT2D eigenvalue weighted by molar-refractivity contribution is 14.1. The monoisotopic (exact) mass is 238 g/mol. The Morgan fingerprint density at radius 3 is 3.00 bits per heavy atom. The number of allylic oxidation sites excluding steroid dienone is 1. The van der Waals surface area contributed by atoms with Gasteiger partial charge in [-0.1, -0.05) is 0 Å². The van der Waals surface area contributed by atoms with E-state index in [1.54, 1.807) is 9.33 Å². The minimum atomic E-state index is -0.700. The van der Waals surface area contributed by atoms with Gasteiger partial charge >= 0.3 is 0 Å². The predicted molar refractivity (Wildman–Crippen MR) is 44.1 cm³/mol. The van der Waals surface area contributed by atoms with E-state index in [1.807, 2.05) is 36.0 Å². The maximum Gasteiger partial charge on any atom is 0.233 e. The number of halogens is 1. The standard InChI is InChI=1S/C5H7IN2O/c1-4-2-7-5(9)8(6)3-4/h2-3,5,9H,1H3. The van der Waals surface area contributed by atoms with Crippen LogP contribution in [0.1, 0.15) is 6.92 Å². The van der Waals surface area contributed by atoms with Gasteiger partial charge in [0.15, 0.2) is 0 Å². The van der Waals surface area contributed by atoms with Gasteiger partial charge in [0, 0.05) is 12.4 Å². The van der Waals surface area contributed by atoms with E-state index in [1.165, 1.54) is 0 Å². The Balaban J connectivity index is 2.70. The van der Waals surface area contributed by atoms with Crippen LogP contribution in [0.3, 0.4) is 0 Å². The maximum absolute atomic E-state index is 8.97. The quantitative estimate of drug-likeness (QED) is 0.502. The molecule has 50 valence electrons. The van der Waals surface area contributed by atoms with Crippen LogP contribution in [0.4, 0.5) is 0 Å². The normalized spacial score (nSPS) is 26.3. The van der Waals surface area contributed by atoms with Crippen LogP contribution in [0, 0.1) is 0 Å². The zero-order chi connectivity index (χ0) is 6.85. The number of aliphatic hydroxyl groups is 1. The molecule has 1 unspecified atom stereocenters. The van der Waals surface area contributed by atoms with E-state index in [-0.39, 0.29) is 0 Å². The summed E-state index contributed by atoms with van der Waals surface area (Å²) in [7, 11) is 0. The zero-order valence-corrected chi connectivity index (χ0v) is 7.11. The average Bonchev–Trinajstić information content (AvgIpc) is 1.80. The number of rotatable bonds is 0. The van der Waals surface area contributed by atoms with Crippen LogP contribution >= 0.6 is 22.9 Å². The van der Waals surface area contributed by atoms with Crippen molar-refractivity contribution in [2.45, 2.75) is 13.3 Å². The number of hydrogen-bond acceptors (Lipinski definition) is 3. The molecule has 4 heteroatoms. The second kappa shape index (κ2) is 2.66. The summed E-state index contributed by atoms with van der Waals surface area (Å²) in [5.74, 6) is 0. The maximum atomic E-state index is 8.97. The zero-order valence-electron chi connectivity index (χ0n) is 4.95. The van der Waals surface area contributed by atoms with Gasteiger partial charge in [-0.2, -0.15) is 0 Å². The molecule has 1 atom stereocenters. The topological polar surface area (TPSA) is 35.8 Å². The second-order valence-corrected chi connectivity index (χ2v) is 2.96. The Labute approximate surface area is 67.6 Å².